The quantitative estimate of drug-likeness (QED) is 0.865. The number of para-hydroxylation sites is 1. The number of fused-ring (bicyclic) bond motifs is 1. The van der Waals surface area contributed by atoms with Crippen LogP contribution in [0.4, 0.5) is 0 Å². The minimum absolute atomic E-state index is 0.425. The fourth-order valence-corrected chi connectivity index (χ4v) is 3.57. The van der Waals surface area contributed by atoms with Gasteiger partial charge in [0.15, 0.2) is 0 Å². The Morgan fingerprint density at radius 2 is 2.00 bits per heavy atom. The third-order valence-corrected chi connectivity index (χ3v) is 4.73. The van der Waals surface area contributed by atoms with Gasteiger partial charge in [0.05, 0.1) is 5.52 Å². The van der Waals surface area contributed by atoms with Gasteiger partial charge in [-0.05, 0) is 37.4 Å². The number of nitrogens with one attached hydrogen (secondary N) is 1. The minimum Gasteiger partial charge on any atom is -0.313 e. The summed E-state index contributed by atoms with van der Waals surface area (Å²) in [4.78, 5) is 4.59. The molecule has 1 heterocycles. The molecule has 1 unspecified atom stereocenters. The first-order valence-electron chi connectivity index (χ1n) is 7.89. The summed E-state index contributed by atoms with van der Waals surface area (Å²) >= 11 is 0. The smallest absolute Gasteiger partial charge is 0.0749 e. The fraction of sp³-hybridized carbons (Fsp3) is 0.500. The van der Waals surface area contributed by atoms with Gasteiger partial charge in [0.2, 0.25) is 0 Å². The van der Waals surface area contributed by atoms with Crippen molar-refractivity contribution >= 4 is 10.9 Å². The molecule has 1 aliphatic rings. The number of rotatable bonds is 5. The second kappa shape index (κ2) is 6.36. The van der Waals surface area contributed by atoms with Gasteiger partial charge in [-0.15, -0.1) is 0 Å². The number of nitrogens with zero attached hydrogens (tertiary/aromatic N) is 1. The van der Waals surface area contributed by atoms with E-state index >= 15 is 0 Å². The zero-order valence-corrected chi connectivity index (χ0v) is 12.3. The SMILES string of the molecule is CNC(CCC1CCCC1)c1cccc2cccnc12. The van der Waals surface area contributed by atoms with Crippen LogP contribution >= 0.6 is 0 Å². The molecule has 1 atom stereocenters. The lowest BCUT2D eigenvalue weighted by Gasteiger charge is -2.20. The van der Waals surface area contributed by atoms with Crippen molar-refractivity contribution in [1.82, 2.24) is 10.3 Å². The second-order valence-corrected chi connectivity index (χ2v) is 5.99. The first-order valence-corrected chi connectivity index (χ1v) is 7.89. The van der Waals surface area contributed by atoms with Crippen LogP contribution < -0.4 is 5.32 Å². The van der Waals surface area contributed by atoms with E-state index < -0.39 is 0 Å². The average Bonchev–Trinajstić information content (AvgIpc) is 3.01. The van der Waals surface area contributed by atoms with Crippen LogP contribution in [-0.4, -0.2) is 12.0 Å². The first-order chi connectivity index (χ1) is 9.88. The Balaban J connectivity index is 1.79. The van der Waals surface area contributed by atoms with E-state index in [-0.39, 0.29) is 0 Å². The highest BCUT2D eigenvalue weighted by Gasteiger charge is 2.18. The molecule has 1 fully saturated rings. The van der Waals surface area contributed by atoms with Crippen molar-refractivity contribution in [2.45, 2.75) is 44.6 Å². The molecule has 1 aromatic heterocycles. The van der Waals surface area contributed by atoms with E-state index in [9.17, 15) is 0 Å². The van der Waals surface area contributed by atoms with Crippen LogP contribution in [-0.2, 0) is 0 Å². The molecule has 0 radical (unpaired) electrons. The van der Waals surface area contributed by atoms with E-state index in [1.807, 2.05) is 12.3 Å². The average molecular weight is 268 g/mol. The molecule has 3 rings (SSSR count). The van der Waals surface area contributed by atoms with Crippen LogP contribution in [0.5, 0.6) is 0 Å². The summed E-state index contributed by atoms with van der Waals surface area (Å²) < 4.78 is 0. The van der Waals surface area contributed by atoms with Crippen LogP contribution in [0.15, 0.2) is 36.5 Å². The number of pyridine rings is 1. The second-order valence-electron chi connectivity index (χ2n) is 5.99. The predicted octanol–water partition coefficient (Wildman–Crippen LogP) is 4.47. The van der Waals surface area contributed by atoms with E-state index in [1.54, 1.807) is 0 Å². The zero-order chi connectivity index (χ0) is 13.8. The molecule has 20 heavy (non-hydrogen) atoms. The maximum absolute atomic E-state index is 4.59. The van der Waals surface area contributed by atoms with Crippen LogP contribution in [0, 0.1) is 5.92 Å². The Labute approximate surface area is 121 Å². The summed E-state index contributed by atoms with van der Waals surface area (Å²) in [5.41, 5.74) is 2.50. The summed E-state index contributed by atoms with van der Waals surface area (Å²) in [6.45, 7) is 0. The minimum atomic E-state index is 0.425. The topological polar surface area (TPSA) is 24.9 Å². The molecule has 0 amide bonds. The fourth-order valence-electron chi connectivity index (χ4n) is 3.57. The Bertz CT molecular complexity index is 553. The molecule has 1 N–H and O–H groups in total. The maximum atomic E-state index is 4.59. The molecule has 1 aliphatic carbocycles. The zero-order valence-electron chi connectivity index (χ0n) is 12.3. The van der Waals surface area contributed by atoms with E-state index in [0.717, 1.165) is 11.4 Å². The van der Waals surface area contributed by atoms with Crippen molar-refractivity contribution in [3.05, 3.63) is 42.1 Å². The van der Waals surface area contributed by atoms with Crippen molar-refractivity contribution in [3.63, 3.8) is 0 Å². The number of benzene rings is 1. The van der Waals surface area contributed by atoms with Gasteiger partial charge < -0.3 is 5.32 Å². The predicted molar refractivity (Wildman–Crippen MR) is 84.7 cm³/mol. The van der Waals surface area contributed by atoms with Gasteiger partial charge in [-0.1, -0.05) is 49.9 Å². The van der Waals surface area contributed by atoms with Crippen LogP contribution in [0.2, 0.25) is 0 Å². The summed E-state index contributed by atoms with van der Waals surface area (Å²) in [6.07, 6.45) is 10.2. The van der Waals surface area contributed by atoms with Crippen molar-refractivity contribution in [2.24, 2.45) is 5.92 Å². The van der Waals surface area contributed by atoms with Gasteiger partial charge in [0, 0.05) is 17.6 Å². The van der Waals surface area contributed by atoms with Crippen LogP contribution in [0.1, 0.15) is 50.1 Å². The lowest BCUT2D eigenvalue weighted by atomic mass is 9.93. The van der Waals surface area contributed by atoms with Crippen molar-refractivity contribution < 1.29 is 0 Å². The van der Waals surface area contributed by atoms with Gasteiger partial charge in [0.25, 0.3) is 0 Å². The highest BCUT2D eigenvalue weighted by Crippen LogP contribution is 2.32. The molecule has 106 valence electrons. The van der Waals surface area contributed by atoms with E-state index in [2.05, 4.69) is 41.6 Å². The molecule has 1 aromatic carbocycles. The highest BCUT2D eigenvalue weighted by molar-refractivity contribution is 5.81. The molecular weight excluding hydrogens is 244 g/mol. The highest BCUT2D eigenvalue weighted by atomic mass is 14.9. The number of hydrogen-bond donors (Lipinski definition) is 1. The summed E-state index contributed by atoms with van der Waals surface area (Å²) in [5.74, 6) is 0.953. The lowest BCUT2D eigenvalue weighted by molar-refractivity contribution is 0.428. The van der Waals surface area contributed by atoms with Crippen molar-refractivity contribution in [3.8, 4) is 0 Å². The molecule has 2 nitrogen and oxygen atoms in total. The van der Waals surface area contributed by atoms with Gasteiger partial charge in [-0.25, -0.2) is 0 Å². The van der Waals surface area contributed by atoms with Gasteiger partial charge in [-0.2, -0.15) is 0 Å². The third-order valence-electron chi connectivity index (χ3n) is 4.73. The first kappa shape index (κ1) is 13.6. The van der Waals surface area contributed by atoms with Gasteiger partial charge in [-0.3, -0.25) is 4.98 Å². The number of hydrogen-bond acceptors (Lipinski definition) is 2. The lowest BCUT2D eigenvalue weighted by Crippen LogP contribution is -2.18. The number of aromatic nitrogens is 1. The van der Waals surface area contributed by atoms with Gasteiger partial charge >= 0.3 is 0 Å². The van der Waals surface area contributed by atoms with Gasteiger partial charge in [0.1, 0.15) is 0 Å². The van der Waals surface area contributed by atoms with Crippen LogP contribution in [0.3, 0.4) is 0 Å². The molecular formula is C18H24N2. The maximum Gasteiger partial charge on any atom is 0.0749 e. The molecule has 2 heteroatoms. The van der Waals surface area contributed by atoms with E-state index in [0.29, 0.717) is 6.04 Å². The summed E-state index contributed by atoms with van der Waals surface area (Å²) in [6, 6.07) is 11.1. The van der Waals surface area contributed by atoms with Crippen LogP contribution in [0.25, 0.3) is 10.9 Å². The Kier molecular flexibility index (Phi) is 4.31. The standard InChI is InChI=1S/C18H24N2/c1-19-17(12-11-14-6-2-3-7-14)16-10-4-8-15-9-5-13-20-18(15)16/h4-5,8-10,13-14,17,19H,2-3,6-7,11-12H2,1H3. The normalized spacial score (nSPS) is 17.6. The largest absolute Gasteiger partial charge is 0.313 e. The molecule has 0 saturated heterocycles. The molecule has 0 spiro atoms. The van der Waals surface area contributed by atoms with Crippen molar-refractivity contribution in [2.75, 3.05) is 7.05 Å². The molecule has 1 saturated carbocycles. The Morgan fingerprint density at radius 1 is 1.20 bits per heavy atom. The molecule has 2 aromatic rings. The van der Waals surface area contributed by atoms with E-state index in [1.165, 1.54) is 49.5 Å². The molecule has 0 aliphatic heterocycles. The third kappa shape index (κ3) is 2.85. The van der Waals surface area contributed by atoms with Crippen molar-refractivity contribution in [1.29, 1.82) is 0 Å². The summed E-state index contributed by atoms with van der Waals surface area (Å²) in [5, 5.41) is 4.74. The Hall–Kier alpha value is -1.41. The monoisotopic (exact) mass is 268 g/mol. The van der Waals surface area contributed by atoms with E-state index in [4.69, 9.17) is 0 Å². The molecule has 0 bridgehead atoms. The Morgan fingerprint density at radius 3 is 2.80 bits per heavy atom. The summed E-state index contributed by atoms with van der Waals surface area (Å²) in [7, 11) is 2.07.